The van der Waals surface area contributed by atoms with Gasteiger partial charge in [0.25, 0.3) is 0 Å². The molecule has 0 aliphatic carbocycles. The van der Waals surface area contributed by atoms with E-state index in [0.29, 0.717) is 13.1 Å². The largest absolute Gasteiger partial charge is 0.352 e. The molecule has 0 saturated carbocycles. The van der Waals surface area contributed by atoms with Crippen LogP contribution in [0.3, 0.4) is 0 Å². The fraction of sp³-hybridized carbons (Fsp3) is 0.500. The molecule has 5 heteroatoms. The summed E-state index contributed by atoms with van der Waals surface area (Å²) in [6, 6.07) is 6.97. The zero-order chi connectivity index (χ0) is 15.4. The van der Waals surface area contributed by atoms with Gasteiger partial charge in [0.1, 0.15) is 6.04 Å². The molecular weight excluding hydrogens is 266 g/mol. The van der Waals surface area contributed by atoms with Gasteiger partial charge in [-0.25, -0.2) is 4.79 Å². The minimum Gasteiger partial charge on any atom is -0.352 e. The molecule has 0 saturated heterocycles. The van der Waals surface area contributed by atoms with Gasteiger partial charge in [0.05, 0.1) is 0 Å². The number of carbonyl (C=O) groups is 2. The van der Waals surface area contributed by atoms with Gasteiger partial charge >= 0.3 is 6.03 Å². The highest BCUT2D eigenvalue weighted by molar-refractivity contribution is 5.87. The van der Waals surface area contributed by atoms with E-state index >= 15 is 0 Å². The summed E-state index contributed by atoms with van der Waals surface area (Å²) in [7, 11) is 0. The van der Waals surface area contributed by atoms with E-state index in [1.54, 1.807) is 0 Å². The van der Waals surface area contributed by atoms with Crippen molar-refractivity contribution in [1.82, 2.24) is 10.2 Å². The second kappa shape index (κ2) is 6.61. The second-order valence-corrected chi connectivity index (χ2v) is 5.65. The van der Waals surface area contributed by atoms with Crippen LogP contribution in [0.1, 0.15) is 31.4 Å². The lowest BCUT2D eigenvalue weighted by atomic mass is 9.95. The van der Waals surface area contributed by atoms with Gasteiger partial charge < -0.3 is 16.0 Å². The van der Waals surface area contributed by atoms with Gasteiger partial charge in [-0.3, -0.25) is 4.79 Å². The fourth-order valence-corrected chi connectivity index (χ4v) is 2.72. The zero-order valence-electron chi connectivity index (χ0n) is 12.6. The van der Waals surface area contributed by atoms with Crippen LogP contribution in [-0.2, 0) is 17.8 Å². The highest BCUT2D eigenvalue weighted by atomic mass is 16.2. The molecule has 21 heavy (non-hydrogen) atoms. The Kier molecular flexibility index (Phi) is 4.83. The SMILES string of the molecule is CC[C@H](C)[C@H](NC(N)=O)C(=O)N1CCc2ccccc2C1. The van der Waals surface area contributed by atoms with Crippen molar-refractivity contribution in [3.8, 4) is 0 Å². The van der Waals surface area contributed by atoms with E-state index in [-0.39, 0.29) is 11.8 Å². The van der Waals surface area contributed by atoms with E-state index in [0.717, 1.165) is 12.8 Å². The predicted molar refractivity (Wildman–Crippen MR) is 81.5 cm³/mol. The van der Waals surface area contributed by atoms with Crippen LogP contribution in [0.15, 0.2) is 24.3 Å². The summed E-state index contributed by atoms with van der Waals surface area (Å²) in [6.45, 7) is 5.24. The molecule has 114 valence electrons. The number of rotatable bonds is 4. The fourth-order valence-electron chi connectivity index (χ4n) is 2.72. The highest BCUT2D eigenvalue weighted by Gasteiger charge is 2.31. The Morgan fingerprint density at radius 2 is 2.00 bits per heavy atom. The number of hydrogen-bond acceptors (Lipinski definition) is 2. The molecule has 0 radical (unpaired) electrons. The molecule has 0 fully saturated rings. The Hall–Kier alpha value is -2.04. The minimum absolute atomic E-state index is 0.0438. The number of urea groups is 1. The summed E-state index contributed by atoms with van der Waals surface area (Å²) in [5.41, 5.74) is 7.68. The Balaban J connectivity index is 2.13. The van der Waals surface area contributed by atoms with Crippen LogP contribution in [0.5, 0.6) is 0 Å². The zero-order valence-corrected chi connectivity index (χ0v) is 12.6. The van der Waals surface area contributed by atoms with Crippen LogP contribution >= 0.6 is 0 Å². The number of nitrogens with zero attached hydrogens (tertiary/aromatic N) is 1. The Morgan fingerprint density at radius 1 is 1.33 bits per heavy atom. The van der Waals surface area contributed by atoms with Crippen molar-refractivity contribution >= 4 is 11.9 Å². The quantitative estimate of drug-likeness (QED) is 0.884. The monoisotopic (exact) mass is 289 g/mol. The third-order valence-corrected chi connectivity index (χ3v) is 4.22. The number of nitrogens with one attached hydrogen (secondary N) is 1. The average molecular weight is 289 g/mol. The van der Waals surface area contributed by atoms with Crippen molar-refractivity contribution in [3.63, 3.8) is 0 Å². The summed E-state index contributed by atoms with van der Waals surface area (Å²) in [4.78, 5) is 25.7. The highest BCUT2D eigenvalue weighted by Crippen LogP contribution is 2.20. The molecule has 5 nitrogen and oxygen atoms in total. The van der Waals surface area contributed by atoms with Gasteiger partial charge in [-0.2, -0.15) is 0 Å². The third-order valence-electron chi connectivity index (χ3n) is 4.22. The van der Waals surface area contributed by atoms with Crippen molar-refractivity contribution in [2.75, 3.05) is 6.54 Å². The predicted octanol–water partition coefficient (Wildman–Crippen LogP) is 1.65. The van der Waals surface area contributed by atoms with Crippen LogP contribution in [0.25, 0.3) is 0 Å². The lowest BCUT2D eigenvalue weighted by Crippen LogP contribution is -2.53. The maximum Gasteiger partial charge on any atom is 0.312 e. The number of benzene rings is 1. The molecule has 2 rings (SSSR count). The number of fused-ring (bicyclic) bond motifs is 1. The molecule has 0 unspecified atom stereocenters. The van der Waals surface area contributed by atoms with E-state index in [4.69, 9.17) is 5.73 Å². The van der Waals surface area contributed by atoms with Crippen LogP contribution in [0.2, 0.25) is 0 Å². The Morgan fingerprint density at radius 3 is 2.62 bits per heavy atom. The van der Waals surface area contributed by atoms with Gasteiger partial charge in [0, 0.05) is 13.1 Å². The van der Waals surface area contributed by atoms with Crippen molar-refractivity contribution < 1.29 is 9.59 Å². The Labute approximate surface area is 125 Å². The molecule has 3 N–H and O–H groups in total. The molecule has 0 bridgehead atoms. The molecule has 0 aromatic heterocycles. The molecule has 1 aliphatic heterocycles. The molecule has 1 heterocycles. The van der Waals surface area contributed by atoms with E-state index in [9.17, 15) is 9.59 Å². The smallest absolute Gasteiger partial charge is 0.312 e. The normalized spacial score (nSPS) is 16.8. The summed E-state index contributed by atoms with van der Waals surface area (Å²) in [5.74, 6) is 0.0137. The lowest BCUT2D eigenvalue weighted by Gasteiger charge is -2.33. The molecule has 1 aromatic rings. The summed E-state index contributed by atoms with van der Waals surface area (Å²) < 4.78 is 0. The summed E-state index contributed by atoms with van der Waals surface area (Å²) in [6.07, 6.45) is 1.66. The van der Waals surface area contributed by atoms with Crippen molar-refractivity contribution in [1.29, 1.82) is 0 Å². The first-order chi connectivity index (χ1) is 10.0. The van der Waals surface area contributed by atoms with Crippen LogP contribution in [0.4, 0.5) is 4.79 Å². The van der Waals surface area contributed by atoms with E-state index in [2.05, 4.69) is 17.4 Å². The van der Waals surface area contributed by atoms with E-state index < -0.39 is 12.1 Å². The van der Waals surface area contributed by atoms with Crippen LogP contribution < -0.4 is 11.1 Å². The minimum atomic E-state index is -0.647. The van der Waals surface area contributed by atoms with Gasteiger partial charge in [0.15, 0.2) is 0 Å². The summed E-state index contributed by atoms with van der Waals surface area (Å²) >= 11 is 0. The van der Waals surface area contributed by atoms with E-state index in [1.807, 2.05) is 30.9 Å². The van der Waals surface area contributed by atoms with Crippen molar-refractivity contribution in [2.45, 2.75) is 39.3 Å². The number of hydrogen-bond donors (Lipinski definition) is 2. The number of primary amides is 1. The molecule has 2 atom stereocenters. The van der Waals surface area contributed by atoms with Crippen LogP contribution in [-0.4, -0.2) is 29.4 Å². The van der Waals surface area contributed by atoms with Gasteiger partial charge in [0.2, 0.25) is 5.91 Å². The maximum absolute atomic E-state index is 12.7. The van der Waals surface area contributed by atoms with Gasteiger partial charge in [-0.15, -0.1) is 0 Å². The molecule has 1 aromatic carbocycles. The molecular formula is C16H23N3O2. The maximum atomic E-state index is 12.7. The van der Waals surface area contributed by atoms with Crippen molar-refractivity contribution in [2.24, 2.45) is 11.7 Å². The number of nitrogens with two attached hydrogens (primary N) is 1. The Bertz CT molecular complexity index is 530. The summed E-state index contributed by atoms with van der Waals surface area (Å²) in [5, 5.41) is 2.60. The first-order valence-electron chi connectivity index (χ1n) is 7.44. The average Bonchev–Trinajstić information content (AvgIpc) is 2.50. The lowest BCUT2D eigenvalue weighted by molar-refractivity contribution is -0.135. The second-order valence-electron chi connectivity index (χ2n) is 5.65. The molecule has 3 amide bonds. The first-order valence-corrected chi connectivity index (χ1v) is 7.44. The third kappa shape index (κ3) is 3.54. The molecule has 1 aliphatic rings. The topological polar surface area (TPSA) is 75.4 Å². The van der Waals surface area contributed by atoms with Gasteiger partial charge in [-0.1, -0.05) is 44.5 Å². The van der Waals surface area contributed by atoms with Crippen molar-refractivity contribution in [3.05, 3.63) is 35.4 Å². The molecule has 0 spiro atoms. The van der Waals surface area contributed by atoms with Crippen LogP contribution in [0, 0.1) is 5.92 Å². The van der Waals surface area contributed by atoms with Gasteiger partial charge in [-0.05, 0) is 23.5 Å². The first kappa shape index (κ1) is 15.4. The standard InChI is InChI=1S/C16H23N3O2/c1-3-11(2)14(18-16(17)21)15(20)19-9-8-12-6-4-5-7-13(12)10-19/h4-7,11,14H,3,8-10H2,1-2H3,(H3,17,18,21)/t11-,14-/m0/s1. The van der Waals surface area contributed by atoms with E-state index in [1.165, 1.54) is 11.1 Å². The number of carbonyl (C=O) groups excluding carboxylic acids is 2. The number of amides is 3.